The maximum absolute atomic E-state index is 2.12. The molecule has 0 aromatic rings. The smallest absolute Gasteiger partial charge is 0 e. The quantitative estimate of drug-likeness (QED) is 0.403. The first kappa shape index (κ1) is 9.03. The summed E-state index contributed by atoms with van der Waals surface area (Å²) in [6.45, 7) is 4.25. The van der Waals surface area contributed by atoms with E-state index in [0.717, 1.165) is 0 Å². The van der Waals surface area contributed by atoms with Crippen LogP contribution in [0.2, 0.25) is 0 Å². The molecule has 2 radical (unpaired) electrons. The molecule has 0 rings (SSSR count). The van der Waals surface area contributed by atoms with E-state index in [1.807, 2.05) is 0 Å². The van der Waals surface area contributed by atoms with E-state index in [9.17, 15) is 0 Å². The fourth-order valence-electron chi connectivity index (χ4n) is 0. The van der Waals surface area contributed by atoms with Gasteiger partial charge in [-0.05, 0) is 0 Å². The first-order valence-corrected chi connectivity index (χ1v) is 1.41. The van der Waals surface area contributed by atoms with Crippen LogP contribution in [0.3, 0.4) is 0 Å². The van der Waals surface area contributed by atoms with Gasteiger partial charge in [0.05, 0.1) is 0 Å². The molecule has 0 saturated carbocycles. The SMILES string of the molecule is CCC.[O]. The molecule has 0 saturated heterocycles. The van der Waals surface area contributed by atoms with Gasteiger partial charge < -0.3 is 0 Å². The van der Waals surface area contributed by atoms with Crippen molar-refractivity contribution in [3.8, 4) is 0 Å². The van der Waals surface area contributed by atoms with Crippen molar-refractivity contribution in [2.24, 2.45) is 0 Å². The Balaban J connectivity index is 0. The zero-order chi connectivity index (χ0) is 2.71. The van der Waals surface area contributed by atoms with Gasteiger partial charge in [0.25, 0.3) is 0 Å². The highest BCUT2D eigenvalue weighted by molar-refractivity contribution is 3.92. The van der Waals surface area contributed by atoms with Crippen LogP contribution >= 0.6 is 0 Å². The Morgan fingerprint density at radius 3 is 1.25 bits per heavy atom. The molecule has 0 aromatic carbocycles. The van der Waals surface area contributed by atoms with Gasteiger partial charge in [0.15, 0.2) is 0 Å². The minimum atomic E-state index is 0. The minimum Gasteiger partial charge on any atom is -0.0656 e. The Morgan fingerprint density at radius 2 is 1.25 bits per heavy atom. The minimum absolute atomic E-state index is 0. The zero-order valence-corrected chi connectivity index (χ0v) is 3.12. The fourth-order valence-corrected chi connectivity index (χ4v) is 0. The van der Waals surface area contributed by atoms with Crippen LogP contribution in [0.25, 0.3) is 0 Å². The Morgan fingerprint density at radius 1 is 1.25 bits per heavy atom. The van der Waals surface area contributed by atoms with Gasteiger partial charge >= 0.3 is 0 Å². The molecule has 0 spiro atoms. The van der Waals surface area contributed by atoms with Crippen molar-refractivity contribution < 1.29 is 5.48 Å². The highest BCUT2D eigenvalue weighted by Gasteiger charge is 1.35. The molecular weight excluding hydrogens is 52.0 g/mol. The molecule has 0 fully saturated rings. The maximum Gasteiger partial charge on any atom is 0 e. The Bertz CT molecular complexity index is 3.25. The molecule has 0 heterocycles. The molecule has 0 aliphatic carbocycles. The highest BCUT2D eigenvalue weighted by Crippen LogP contribution is 1.56. The number of hydrogen-bond donors (Lipinski definition) is 0. The molecule has 1 nitrogen and oxygen atoms in total. The van der Waals surface area contributed by atoms with Gasteiger partial charge in [-0.3, -0.25) is 0 Å². The molecule has 0 N–H and O–H groups in total. The Kier molecular flexibility index (Phi) is 27.9. The zero-order valence-electron chi connectivity index (χ0n) is 3.12. The predicted molar refractivity (Wildman–Crippen MR) is 16.7 cm³/mol. The van der Waals surface area contributed by atoms with Crippen molar-refractivity contribution in [1.82, 2.24) is 0 Å². The van der Waals surface area contributed by atoms with Gasteiger partial charge in [-0.15, -0.1) is 0 Å². The summed E-state index contributed by atoms with van der Waals surface area (Å²) in [6.07, 6.45) is 1.25. The summed E-state index contributed by atoms with van der Waals surface area (Å²) >= 11 is 0. The summed E-state index contributed by atoms with van der Waals surface area (Å²) in [5.74, 6) is 0. The van der Waals surface area contributed by atoms with E-state index >= 15 is 0 Å². The van der Waals surface area contributed by atoms with Crippen LogP contribution in [0.4, 0.5) is 0 Å². The average molecular weight is 60.1 g/mol. The third kappa shape index (κ3) is 1130. The Labute approximate surface area is 26.9 Å². The van der Waals surface area contributed by atoms with Gasteiger partial charge in [-0.1, -0.05) is 20.3 Å². The summed E-state index contributed by atoms with van der Waals surface area (Å²) in [5.41, 5.74) is 0. The van der Waals surface area contributed by atoms with E-state index in [1.54, 1.807) is 0 Å². The second-order valence-corrected chi connectivity index (χ2v) is 0.707. The lowest BCUT2D eigenvalue weighted by atomic mass is 10.6. The Hall–Kier alpha value is -0.0400. The van der Waals surface area contributed by atoms with Crippen LogP contribution in [0.5, 0.6) is 0 Å². The van der Waals surface area contributed by atoms with Crippen molar-refractivity contribution in [2.75, 3.05) is 0 Å². The normalized spacial score (nSPS) is 4.50. The fraction of sp³-hybridized carbons (Fsp3) is 1.00. The third-order valence-electron chi connectivity index (χ3n) is 0. The molecule has 0 unspecified atom stereocenters. The van der Waals surface area contributed by atoms with E-state index < -0.39 is 0 Å². The molecule has 0 bridgehead atoms. The lowest BCUT2D eigenvalue weighted by Gasteiger charge is -1.48. The van der Waals surface area contributed by atoms with Crippen LogP contribution in [-0.2, 0) is 5.48 Å². The van der Waals surface area contributed by atoms with Crippen LogP contribution < -0.4 is 0 Å². The van der Waals surface area contributed by atoms with E-state index in [2.05, 4.69) is 13.8 Å². The topological polar surface area (TPSA) is 28.5 Å². The second kappa shape index (κ2) is 12.3. The number of rotatable bonds is 0. The molecule has 0 aliphatic heterocycles. The largest absolute Gasteiger partial charge is 0.0656 e. The summed E-state index contributed by atoms with van der Waals surface area (Å²) in [5, 5.41) is 0. The molecular formula is C3H8O. The van der Waals surface area contributed by atoms with Crippen molar-refractivity contribution in [3.63, 3.8) is 0 Å². The molecule has 0 aliphatic rings. The van der Waals surface area contributed by atoms with Gasteiger partial charge in [0.2, 0.25) is 0 Å². The van der Waals surface area contributed by atoms with Gasteiger partial charge in [0.1, 0.15) is 0 Å². The van der Waals surface area contributed by atoms with Crippen molar-refractivity contribution in [2.45, 2.75) is 20.3 Å². The van der Waals surface area contributed by atoms with E-state index in [0.29, 0.717) is 0 Å². The van der Waals surface area contributed by atoms with E-state index in [4.69, 9.17) is 0 Å². The van der Waals surface area contributed by atoms with Crippen LogP contribution in [0, 0.1) is 0 Å². The molecule has 4 heavy (non-hydrogen) atoms. The first-order valence-electron chi connectivity index (χ1n) is 1.41. The standard InChI is InChI=1S/C3H8.O/c1-3-2;/h3H2,1-2H3;. The molecule has 0 atom stereocenters. The first-order chi connectivity index (χ1) is 1.41. The van der Waals surface area contributed by atoms with Crippen LogP contribution in [0.1, 0.15) is 20.3 Å². The van der Waals surface area contributed by atoms with Gasteiger partial charge in [-0.25, -0.2) is 0 Å². The van der Waals surface area contributed by atoms with Gasteiger partial charge in [-0.2, -0.15) is 0 Å². The molecule has 0 amide bonds. The van der Waals surface area contributed by atoms with E-state index in [1.165, 1.54) is 6.42 Å². The molecule has 0 aromatic heterocycles. The maximum atomic E-state index is 2.12. The van der Waals surface area contributed by atoms with Gasteiger partial charge in [0, 0.05) is 5.48 Å². The lowest BCUT2D eigenvalue weighted by Crippen LogP contribution is -1.27. The van der Waals surface area contributed by atoms with E-state index in [-0.39, 0.29) is 5.48 Å². The summed E-state index contributed by atoms with van der Waals surface area (Å²) < 4.78 is 0. The van der Waals surface area contributed by atoms with Crippen molar-refractivity contribution in [1.29, 1.82) is 0 Å². The average Bonchev–Trinajstić information content (AvgIpc) is 0.918. The van der Waals surface area contributed by atoms with Crippen molar-refractivity contribution >= 4 is 0 Å². The molecule has 26 valence electrons. The van der Waals surface area contributed by atoms with Crippen LogP contribution in [-0.4, -0.2) is 0 Å². The highest BCUT2D eigenvalue weighted by atomic mass is 16.0. The third-order valence-corrected chi connectivity index (χ3v) is 0. The summed E-state index contributed by atoms with van der Waals surface area (Å²) in [6, 6.07) is 0. The summed E-state index contributed by atoms with van der Waals surface area (Å²) in [7, 11) is 0. The van der Waals surface area contributed by atoms with Crippen LogP contribution in [0.15, 0.2) is 0 Å². The lowest BCUT2D eigenvalue weighted by molar-refractivity contribution is 0.686. The molecule has 1 heteroatoms. The second-order valence-electron chi connectivity index (χ2n) is 0.707. The van der Waals surface area contributed by atoms with Crippen molar-refractivity contribution in [3.05, 3.63) is 0 Å². The summed E-state index contributed by atoms with van der Waals surface area (Å²) in [4.78, 5) is 0. The number of hydrogen-bond acceptors (Lipinski definition) is 0. The monoisotopic (exact) mass is 60.1 g/mol. The predicted octanol–water partition coefficient (Wildman–Crippen LogP) is 1.30.